The molecule has 3 rings (SSSR count). The fourth-order valence-corrected chi connectivity index (χ4v) is 2.97. The van der Waals surface area contributed by atoms with Crippen LogP contribution in [0.5, 0.6) is 0 Å². The van der Waals surface area contributed by atoms with Crippen molar-refractivity contribution < 1.29 is 0 Å². The molecular weight excluding hydrogens is 280 g/mol. The summed E-state index contributed by atoms with van der Waals surface area (Å²) < 4.78 is 0. The van der Waals surface area contributed by atoms with E-state index in [1.807, 2.05) is 12.1 Å². The van der Waals surface area contributed by atoms with Gasteiger partial charge in [0.15, 0.2) is 0 Å². The molecule has 0 bridgehead atoms. The largest absolute Gasteiger partial charge is 0.305 e. The zero-order valence-electron chi connectivity index (χ0n) is 12.3. The Morgan fingerprint density at radius 1 is 1.19 bits per heavy atom. The molecule has 1 heterocycles. The molecule has 0 spiro atoms. The van der Waals surface area contributed by atoms with Crippen LogP contribution in [0.1, 0.15) is 55.0 Å². The van der Waals surface area contributed by atoms with Gasteiger partial charge in [-0.2, -0.15) is 0 Å². The average molecular weight is 301 g/mol. The van der Waals surface area contributed by atoms with E-state index in [9.17, 15) is 0 Å². The van der Waals surface area contributed by atoms with E-state index in [1.165, 1.54) is 30.4 Å². The summed E-state index contributed by atoms with van der Waals surface area (Å²) in [6.07, 6.45) is 5.77. The summed E-state index contributed by atoms with van der Waals surface area (Å²) in [5.74, 6) is 0.783. The number of halogens is 1. The van der Waals surface area contributed by atoms with Crippen LogP contribution in [-0.4, -0.2) is 11.5 Å². The summed E-state index contributed by atoms with van der Waals surface area (Å²) >= 11 is 5.93. The third kappa shape index (κ3) is 3.28. The third-order valence-corrected chi connectivity index (χ3v) is 4.52. The van der Waals surface area contributed by atoms with Gasteiger partial charge in [-0.3, -0.25) is 4.98 Å². The van der Waals surface area contributed by atoms with Gasteiger partial charge in [0.25, 0.3) is 0 Å². The van der Waals surface area contributed by atoms with Gasteiger partial charge in [-0.15, -0.1) is 0 Å². The number of nitrogens with one attached hydrogen (secondary N) is 1. The van der Waals surface area contributed by atoms with Crippen molar-refractivity contribution in [3.8, 4) is 0 Å². The lowest BCUT2D eigenvalue weighted by Gasteiger charge is -2.26. The summed E-state index contributed by atoms with van der Waals surface area (Å²) in [5.41, 5.74) is 3.75. The lowest BCUT2D eigenvalue weighted by Crippen LogP contribution is -2.23. The van der Waals surface area contributed by atoms with Gasteiger partial charge < -0.3 is 5.32 Å². The van der Waals surface area contributed by atoms with E-state index in [1.54, 1.807) is 6.20 Å². The Balaban J connectivity index is 1.84. The Morgan fingerprint density at radius 2 is 1.95 bits per heavy atom. The van der Waals surface area contributed by atoms with Crippen molar-refractivity contribution in [2.75, 3.05) is 6.54 Å². The van der Waals surface area contributed by atoms with E-state index in [2.05, 4.69) is 41.5 Å². The lowest BCUT2D eigenvalue weighted by molar-refractivity contribution is 0.419. The predicted molar refractivity (Wildman–Crippen MR) is 87.8 cm³/mol. The molecule has 2 nitrogen and oxygen atoms in total. The van der Waals surface area contributed by atoms with E-state index in [0.717, 1.165) is 18.2 Å². The van der Waals surface area contributed by atoms with Gasteiger partial charge in [-0.25, -0.2) is 0 Å². The molecule has 1 atom stereocenters. The topological polar surface area (TPSA) is 24.9 Å². The maximum absolute atomic E-state index is 5.93. The lowest BCUT2D eigenvalue weighted by atomic mass is 9.80. The van der Waals surface area contributed by atoms with Gasteiger partial charge in [0.2, 0.25) is 0 Å². The van der Waals surface area contributed by atoms with Crippen molar-refractivity contribution in [3.05, 3.63) is 64.4 Å². The number of benzene rings is 1. The third-order valence-electron chi connectivity index (χ3n) is 4.30. The van der Waals surface area contributed by atoms with Crippen molar-refractivity contribution >= 4 is 11.6 Å². The zero-order chi connectivity index (χ0) is 14.7. The zero-order valence-corrected chi connectivity index (χ0v) is 13.1. The molecule has 0 radical (unpaired) electrons. The van der Waals surface area contributed by atoms with E-state index >= 15 is 0 Å². The van der Waals surface area contributed by atoms with Gasteiger partial charge in [0.1, 0.15) is 0 Å². The quantitative estimate of drug-likeness (QED) is 0.865. The van der Waals surface area contributed by atoms with Crippen molar-refractivity contribution in [2.24, 2.45) is 0 Å². The Kier molecular flexibility index (Phi) is 4.57. The molecule has 1 aromatic heterocycles. The molecule has 1 unspecified atom stereocenters. The molecule has 0 saturated heterocycles. The van der Waals surface area contributed by atoms with Crippen LogP contribution < -0.4 is 5.32 Å². The fourth-order valence-electron chi connectivity index (χ4n) is 2.86. The summed E-state index contributed by atoms with van der Waals surface area (Å²) in [4.78, 5) is 4.46. The maximum Gasteiger partial charge on any atom is 0.0751 e. The smallest absolute Gasteiger partial charge is 0.0751 e. The summed E-state index contributed by atoms with van der Waals surface area (Å²) in [6, 6.07) is 13.0. The van der Waals surface area contributed by atoms with Gasteiger partial charge >= 0.3 is 0 Å². The first-order valence-electron chi connectivity index (χ1n) is 7.72. The molecule has 1 aliphatic rings. The Labute approximate surface area is 131 Å². The standard InChI is InChI=1S/C18H21ClN2/c1-2-20-18(17-11-10-16(19)12-21-17)15-8-6-14(7-9-15)13-4-3-5-13/h6-13,18,20H,2-5H2,1H3. The first kappa shape index (κ1) is 14.6. The van der Waals surface area contributed by atoms with E-state index in [-0.39, 0.29) is 6.04 Å². The molecule has 0 amide bonds. The minimum Gasteiger partial charge on any atom is -0.305 e. The number of pyridine rings is 1. The van der Waals surface area contributed by atoms with Crippen molar-refractivity contribution in [1.29, 1.82) is 0 Å². The van der Waals surface area contributed by atoms with Crippen LogP contribution in [0.15, 0.2) is 42.6 Å². The molecule has 1 N–H and O–H groups in total. The van der Waals surface area contributed by atoms with Gasteiger partial charge in [-0.1, -0.05) is 49.2 Å². The van der Waals surface area contributed by atoms with Crippen LogP contribution in [-0.2, 0) is 0 Å². The van der Waals surface area contributed by atoms with Gasteiger partial charge in [0, 0.05) is 6.20 Å². The first-order chi connectivity index (χ1) is 10.3. The SMILES string of the molecule is CCNC(c1ccc(C2CCC2)cc1)c1ccc(Cl)cn1. The summed E-state index contributed by atoms with van der Waals surface area (Å²) in [7, 11) is 0. The maximum atomic E-state index is 5.93. The van der Waals surface area contributed by atoms with Crippen LogP contribution in [0, 0.1) is 0 Å². The molecule has 3 heteroatoms. The highest BCUT2D eigenvalue weighted by atomic mass is 35.5. The number of aromatic nitrogens is 1. The van der Waals surface area contributed by atoms with Gasteiger partial charge in [-0.05, 0) is 48.6 Å². The molecule has 1 aliphatic carbocycles. The highest BCUT2D eigenvalue weighted by Gasteiger charge is 2.20. The molecular formula is C18H21ClN2. The highest BCUT2D eigenvalue weighted by Crippen LogP contribution is 2.36. The predicted octanol–water partition coefficient (Wildman–Crippen LogP) is 4.70. The number of hydrogen-bond donors (Lipinski definition) is 1. The van der Waals surface area contributed by atoms with Crippen LogP contribution >= 0.6 is 11.6 Å². The normalized spacial score (nSPS) is 16.5. The first-order valence-corrected chi connectivity index (χ1v) is 8.10. The van der Waals surface area contributed by atoms with E-state index in [4.69, 9.17) is 11.6 Å². The van der Waals surface area contributed by atoms with Crippen LogP contribution in [0.25, 0.3) is 0 Å². The van der Waals surface area contributed by atoms with Crippen molar-refractivity contribution in [2.45, 2.75) is 38.1 Å². The number of rotatable bonds is 5. The van der Waals surface area contributed by atoms with Crippen molar-refractivity contribution in [1.82, 2.24) is 10.3 Å². The number of nitrogens with zero attached hydrogens (tertiary/aromatic N) is 1. The molecule has 1 aromatic carbocycles. The minimum atomic E-state index is 0.128. The van der Waals surface area contributed by atoms with Crippen molar-refractivity contribution in [3.63, 3.8) is 0 Å². The number of hydrogen-bond acceptors (Lipinski definition) is 2. The highest BCUT2D eigenvalue weighted by molar-refractivity contribution is 6.30. The monoisotopic (exact) mass is 300 g/mol. The van der Waals surface area contributed by atoms with Crippen LogP contribution in [0.3, 0.4) is 0 Å². The van der Waals surface area contributed by atoms with Gasteiger partial charge in [0.05, 0.1) is 16.8 Å². The summed E-state index contributed by atoms with van der Waals surface area (Å²) in [5, 5.41) is 4.18. The Hall–Kier alpha value is -1.38. The molecule has 1 saturated carbocycles. The molecule has 0 aliphatic heterocycles. The Bertz CT molecular complexity index is 573. The second-order valence-corrected chi connectivity index (χ2v) is 6.12. The van der Waals surface area contributed by atoms with E-state index in [0.29, 0.717) is 5.02 Å². The minimum absolute atomic E-state index is 0.128. The fraction of sp³-hybridized carbons (Fsp3) is 0.389. The Morgan fingerprint density at radius 3 is 2.48 bits per heavy atom. The average Bonchev–Trinajstić information content (AvgIpc) is 2.45. The molecule has 1 fully saturated rings. The van der Waals surface area contributed by atoms with Crippen LogP contribution in [0.4, 0.5) is 0 Å². The van der Waals surface area contributed by atoms with E-state index < -0.39 is 0 Å². The molecule has 110 valence electrons. The van der Waals surface area contributed by atoms with Crippen LogP contribution in [0.2, 0.25) is 5.02 Å². The molecule has 21 heavy (non-hydrogen) atoms. The second-order valence-electron chi connectivity index (χ2n) is 5.69. The second kappa shape index (κ2) is 6.59. The molecule has 2 aromatic rings. The summed E-state index contributed by atoms with van der Waals surface area (Å²) in [6.45, 7) is 3.02.